The van der Waals surface area contributed by atoms with E-state index < -0.39 is 0 Å². The normalized spacial score (nSPS) is 16.0. The van der Waals surface area contributed by atoms with Gasteiger partial charge in [0, 0.05) is 67.9 Å². The lowest BCUT2D eigenvalue weighted by atomic mass is 10.2. The molecule has 3 heterocycles. The Morgan fingerprint density at radius 1 is 0.839 bits per heavy atom. The van der Waals surface area contributed by atoms with Gasteiger partial charge in [-0.25, -0.2) is 0 Å². The number of hydrogen-bond donors (Lipinski definition) is 0. The Kier molecular flexibility index (Phi) is 5.91. The molecule has 1 amide bonds. The number of para-hydroxylation sites is 2. The molecular weight excluding hydrogens is 404 g/mol. The van der Waals surface area contributed by atoms with E-state index in [9.17, 15) is 4.79 Å². The molecule has 0 N–H and O–H groups in total. The number of carbonyl (C=O) groups excluding carboxylic acids is 1. The fourth-order valence-electron chi connectivity index (χ4n) is 4.29. The summed E-state index contributed by atoms with van der Waals surface area (Å²) in [6.45, 7) is 5.05. The van der Waals surface area contributed by atoms with Crippen molar-refractivity contribution >= 4 is 29.0 Å². The molecule has 0 aliphatic carbocycles. The van der Waals surface area contributed by atoms with E-state index in [1.54, 1.807) is 11.8 Å². The van der Waals surface area contributed by atoms with Crippen LogP contribution in [-0.2, 0) is 11.3 Å². The third kappa shape index (κ3) is 4.45. The molecule has 0 unspecified atom stereocenters. The Hall–Kier alpha value is -2.83. The average Bonchev–Trinajstić information content (AvgIpc) is 2.82. The fourth-order valence-corrected chi connectivity index (χ4v) is 5.39. The van der Waals surface area contributed by atoms with Crippen molar-refractivity contribution in [1.29, 1.82) is 0 Å². The van der Waals surface area contributed by atoms with Gasteiger partial charge in [-0.05, 0) is 42.0 Å². The van der Waals surface area contributed by atoms with E-state index >= 15 is 0 Å². The van der Waals surface area contributed by atoms with E-state index in [0.717, 1.165) is 32.7 Å². The first-order valence-corrected chi connectivity index (χ1v) is 11.6. The largest absolute Gasteiger partial charge is 0.340 e. The molecule has 0 atom stereocenters. The molecule has 0 radical (unpaired) electrons. The van der Waals surface area contributed by atoms with Crippen LogP contribution < -0.4 is 4.90 Å². The molecule has 1 aromatic heterocycles. The van der Waals surface area contributed by atoms with Crippen molar-refractivity contribution < 1.29 is 4.79 Å². The van der Waals surface area contributed by atoms with Crippen molar-refractivity contribution in [2.45, 2.75) is 22.8 Å². The summed E-state index contributed by atoms with van der Waals surface area (Å²) < 4.78 is 0. The number of rotatable bonds is 5. The van der Waals surface area contributed by atoms with E-state index in [-0.39, 0.29) is 5.91 Å². The summed E-state index contributed by atoms with van der Waals surface area (Å²) in [5, 5.41) is 0. The fraction of sp³-hybridized carbons (Fsp3) is 0.280. The summed E-state index contributed by atoms with van der Waals surface area (Å²) in [4.78, 5) is 26.3. The predicted octanol–water partition coefficient (Wildman–Crippen LogP) is 4.42. The summed E-state index contributed by atoms with van der Waals surface area (Å²) in [7, 11) is 0. The highest BCUT2D eigenvalue weighted by Crippen LogP contribution is 2.47. The zero-order valence-corrected chi connectivity index (χ0v) is 18.3. The van der Waals surface area contributed by atoms with Crippen LogP contribution in [0.5, 0.6) is 0 Å². The van der Waals surface area contributed by atoms with E-state index in [4.69, 9.17) is 0 Å². The summed E-state index contributed by atoms with van der Waals surface area (Å²) in [5.74, 6) is 0.247. The first kappa shape index (κ1) is 20.1. The maximum absolute atomic E-state index is 13.0. The molecule has 6 heteroatoms. The second kappa shape index (κ2) is 9.12. The van der Waals surface area contributed by atoms with Crippen LogP contribution in [-0.4, -0.2) is 53.4 Å². The molecule has 1 saturated heterocycles. The Balaban J connectivity index is 1.20. The van der Waals surface area contributed by atoms with Crippen LogP contribution in [0.2, 0.25) is 0 Å². The van der Waals surface area contributed by atoms with Crippen LogP contribution in [0.15, 0.2) is 82.8 Å². The SMILES string of the molecule is O=C(CCN1c2ccccc2Sc2ccccc21)N1CCN(Cc2ccncc2)CC1. The zero-order chi connectivity index (χ0) is 21.0. The van der Waals surface area contributed by atoms with Crippen molar-refractivity contribution in [2.24, 2.45) is 0 Å². The van der Waals surface area contributed by atoms with Gasteiger partial charge in [0.15, 0.2) is 0 Å². The molecule has 2 aliphatic heterocycles. The smallest absolute Gasteiger partial charge is 0.224 e. The summed E-state index contributed by atoms with van der Waals surface area (Å²) in [6, 6.07) is 21.0. The van der Waals surface area contributed by atoms with E-state index in [0.29, 0.717) is 13.0 Å². The maximum atomic E-state index is 13.0. The lowest BCUT2D eigenvalue weighted by Crippen LogP contribution is -2.48. The molecule has 0 saturated carbocycles. The van der Waals surface area contributed by atoms with Crippen molar-refractivity contribution in [3.63, 3.8) is 0 Å². The number of piperazine rings is 1. The van der Waals surface area contributed by atoms with Gasteiger partial charge in [0.1, 0.15) is 0 Å². The summed E-state index contributed by atoms with van der Waals surface area (Å²) in [6.07, 6.45) is 4.20. The molecule has 2 aromatic carbocycles. The highest BCUT2D eigenvalue weighted by molar-refractivity contribution is 7.99. The second-order valence-electron chi connectivity index (χ2n) is 7.95. The second-order valence-corrected chi connectivity index (χ2v) is 9.04. The van der Waals surface area contributed by atoms with Gasteiger partial charge in [-0.15, -0.1) is 0 Å². The molecule has 0 bridgehead atoms. The van der Waals surface area contributed by atoms with Crippen LogP contribution in [0.3, 0.4) is 0 Å². The molecule has 158 valence electrons. The summed E-state index contributed by atoms with van der Waals surface area (Å²) in [5.41, 5.74) is 3.66. The number of anilines is 2. The maximum Gasteiger partial charge on any atom is 0.224 e. The lowest BCUT2D eigenvalue weighted by Gasteiger charge is -2.36. The molecular formula is C25H26N4OS. The van der Waals surface area contributed by atoms with E-state index in [2.05, 4.69) is 75.4 Å². The third-order valence-electron chi connectivity index (χ3n) is 5.96. The first-order chi connectivity index (χ1) is 15.3. The number of benzene rings is 2. The molecule has 31 heavy (non-hydrogen) atoms. The minimum absolute atomic E-state index is 0.247. The van der Waals surface area contributed by atoms with Crippen molar-refractivity contribution in [3.05, 3.63) is 78.6 Å². The van der Waals surface area contributed by atoms with Gasteiger partial charge in [-0.1, -0.05) is 36.0 Å². The van der Waals surface area contributed by atoms with Crippen molar-refractivity contribution in [3.8, 4) is 0 Å². The Morgan fingerprint density at radius 3 is 2.10 bits per heavy atom. The number of carbonyl (C=O) groups is 1. The Labute approximate surface area is 187 Å². The molecule has 5 rings (SSSR count). The van der Waals surface area contributed by atoms with Crippen LogP contribution in [0.4, 0.5) is 11.4 Å². The lowest BCUT2D eigenvalue weighted by molar-refractivity contribution is -0.132. The predicted molar refractivity (Wildman–Crippen MR) is 125 cm³/mol. The molecule has 2 aliphatic rings. The topological polar surface area (TPSA) is 39.7 Å². The Bertz CT molecular complexity index is 1000. The number of fused-ring (bicyclic) bond motifs is 2. The van der Waals surface area contributed by atoms with Crippen molar-refractivity contribution in [2.75, 3.05) is 37.6 Å². The van der Waals surface area contributed by atoms with Gasteiger partial charge < -0.3 is 9.80 Å². The van der Waals surface area contributed by atoms with Crippen LogP contribution >= 0.6 is 11.8 Å². The highest BCUT2D eigenvalue weighted by atomic mass is 32.2. The monoisotopic (exact) mass is 430 g/mol. The van der Waals surface area contributed by atoms with Gasteiger partial charge in [-0.2, -0.15) is 0 Å². The van der Waals surface area contributed by atoms with Gasteiger partial charge in [-0.3, -0.25) is 14.7 Å². The number of nitrogens with zero attached hydrogens (tertiary/aromatic N) is 4. The van der Waals surface area contributed by atoms with Crippen LogP contribution in [0.1, 0.15) is 12.0 Å². The van der Waals surface area contributed by atoms with Crippen LogP contribution in [0.25, 0.3) is 0 Å². The van der Waals surface area contributed by atoms with Gasteiger partial charge in [0.2, 0.25) is 5.91 Å². The Morgan fingerprint density at radius 2 is 1.45 bits per heavy atom. The van der Waals surface area contributed by atoms with Crippen LogP contribution in [0, 0.1) is 0 Å². The van der Waals surface area contributed by atoms with Gasteiger partial charge >= 0.3 is 0 Å². The molecule has 1 fully saturated rings. The quantitative estimate of drug-likeness (QED) is 0.599. The number of pyridine rings is 1. The number of amides is 1. The van der Waals surface area contributed by atoms with E-state index in [1.807, 2.05) is 17.3 Å². The minimum Gasteiger partial charge on any atom is -0.340 e. The van der Waals surface area contributed by atoms with Gasteiger partial charge in [0.05, 0.1) is 11.4 Å². The first-order valence-electron chi connectivity index (χ1n) is 10.8. The number of hydrogen-bond acceptors (Lipinski definition) is 5. The third-order valence-corrected chi connectivity index (χ3v) is 7.09. The standard InChI is InChI=1S/C25H26N4OS/c30-25(28-17-15-27(16-18-28)19-20-9-12-26-13-10-20)11-14-29-21-5-1-3-7-23(21)31-24-8-4-2-6-22(24)29/h1-10,12-13H,11,14-19H2. The van der Waals surface area contributed by atoms with Gasteiger partial charge in [0.25, 0.3) is 0 Å². The minimum atomic E-state index is 0.247. The molecule has 5 nitrogen and oxygen atoms in total. The average molecular weight is 431 g/mol. The van der Waals surface area contributed by atoms with E-state index in [1.165, 1.54) is 26.7 Å². The summed E-state index contributed by atoms with van der Waals surface area (Å²) >= 11 is 1.80. The highest BCUT2D eigenvalue weighted by Gasteiger charge is 2.25. The molecule has 0 spiro atoms. The van der Waals surface area contributed by atoms with Crippen molar-refractivity contribution in [1.82, 2.24) is 14.8 Å². The number of aromatic nitrogens is 1. The zero-order valence-electron chi connectivity index (χ0n) is 17.5. The molecule has 3 aromatic rings.